The Bertz CT molecular complexity index is 1130. The van der Waals surface area contributed by atoms with Crippen LogP contribution in [0.25, 0.3) is 11.1 Å². The van der Waals surface area contributed by atoms with Gasteiger partial charge in [0, 0.05) is 11.5 Å². The molecule has 0 saturated heterocycles. The number of carboxylic acid groups (broad SMARTS) is 1. The van der Waals surface area contributed by atoms with Crippen LogP contribution in [0.5, 0.6) is 11.5 Å². The Morgan fingerprint density at radius 3 is 2.15 bits per heavy atom. The number of benzene rings is 3. The van der Waals surface area contributed by atoms with Crippen molar-refractivity contribution in [3.8, 4) is 22.6 Å². The van der Waals surface area contributed by atoms with E-state index in [1.165, 1.54) is 14.2 Å². The number of aliphatic carboxylic acids is 1. The molecule has 0 aliphatic heterocycles. The van der Waals surface area contributed by atoms with Crippen molar-refractivity contribution in [1.29, 1.82) is 0 Å². The Morgan fingerprint density at radius 2 is 1.58 bits per heavy atom. The predicted octanol–water partition coefficient (Wildman–Crippen LogP) is 4.76. The first-order valence-corrected chi connectivity index (χ1v) is 10.6. The second kappa shape index (κ2) is 9.65. The Morgan fingerprint density at radius 1 is 0.939 bits per heavy atom. The average molecular weight is 447 g/mol. The van der Waals surface area contributed by atoms with E-state index < -0.39 is 18.1 Å². The number of rotatable bonds is 8. The van der Waals surface area contributed by atoms with Crippen molar-refractivity contribution >= 4 is 12.1 Å². The Kier molecular flexibility index (Phi) is 6.49. The second-order valence-electron chi connectivity index (χ2n) is 7.73. The number of carbonyl (C=O) groups is 2. The monoisotopic (exact) mass is 447 g/mol. The fraction of sp³-hybridized carbons (Fsp3) is 0.231. The van der Waals surface area contributed by atoms with E-state index >= 15 is 0 Å². The lowest BCUT2D eigenvalue weighted by Gasteiger charge is -2.21. The summed E-state index contributed by atoms with van der Waals surface area (Å²) >= 11 is 0. The normalized spacial score (nSPS) is 12.9. The number of alkyl carbamates (subject to hydrolysis) is 1. The third kappa shape index (κ3) is 4.62. The maximum atomic E-state index is 12.7. The van der Waals surface area contributed by atoms with Gasteiger partial charge < -0.3 is 24.6 Å². The van der Waals surface area contributed by atoms with Crippen molar-refractivity contribution in [2.75, 3.05) is 20.8 Å². The minimum atomic E-state index is -1.07. The predicted molar refractivity (Wildman–Crippen MR) is 123 cm³/mol. The molecule has 1 amide bonds. The molecule has 2 N–H and O–H groups in total. The number of hydrogen-bond donors (Lipinski definition) is 2. The second-order valence-corrected chi connectivity index (χ2v) is 7.73. The SMILES string of the molecule is COc1ccc(OC)c([C@H](CC(=O)O)NC(=O)OCC2c3ccccc3-c3ccccc32)c1. The highest BCUT2D eigenvalue weighted by Gasteiger charge is 2.30. The van der Waals surface area contributed by atoms with Crippen molar-refractivity contribution in [3.63, 3.8) is 0 Å². The molecule has 170 valence electrons. The number of carbonyl (C=O) groups excluding carboxylic acids is 1. The summed E-state index contributed by atoms with van der Waals surface area (Å²) in [5, 5.41) is 12.1. The van der Waals surface area contributed by atoms with Gasteiger partial charge in [0.1, 0.15) is 18.1 Å². The topological polar surface area (TPSA) is 94.1 Å². The minimum Gasteiger partial charge on any atom is -0.497 e. The van der Waals surface area contributed by atoms with Gasteiger partial charge in [-0.1, -0.05) is 48.5 Å². The molecule has 0 radical (unpaired) electrons. The summed E-state index contributed by atoms with van der Waals surface area (Å²) < 4.78 is 16.2. The van der Waals surface area contributed by atoms with Crippen LogP contribution in [-0.4, -0.2) is 38.0 Å². The van der Waals surface area contributed by atoms with Crippen LogP contribution in [0.4, 0.5) is 4.79 Å². The number of hydrogen-bond acceptors (Lipinski definition) is 5. The molecule has 3 aromatic carbocycles. The number of methoxy groups -OCH3 is 2. The smallest absolute Gasteiger partial charge is 0.407 e. The van der Waals surface area contributed by atoms with Gasteiger partial charge in [0.25, 0.3) is 0 Å². The molecule has 4 rings (SSSR count). The zero-order valence-electron chi connectivity index (χ0n) is 18.4. The van der Waals surface area contributed by atoms with E-state index in [0.717, 1.165) is 22.3 Å². The number of fused-ring (bicyclic) bond motifs is 3. The lowest BCUT2D eigenvalue weighted by molar-refractivity contribution is -0.137. The molecule has 3 aromatic rings. The van der Waals surface area contributed by atoms with Gasteiger partial charge in [0.2, 0.25) is 0 Å². The zero-order chi connectivity index (χ0) is 23.4. The zero-order valence-corrected chi connectivity index (χ0v) is 18.4. The lowest BCUT2D eigenvalue weighted by atomic mass is 9.98. The standard InChI is InChI=1S/C26H25NO6/c1-31-16-11-12-24(32-2)21(13-16)23(14-25(28)29)27-26(30)33-15-22-19-9-5-3-7-17(19)18-8-4-6-10-20(18)22/h3-13,22-23H,14-15H2,1-2H3,(H,27,30)(H,28,29)/t23-/m0/s1. The van der Waals surface area contributed by atoms with Crippen LogP contribution in [0.15, 0.2) is 66.7 Å². The van der Waals surface area contributed by atoms with Crippen LogP contribution in [-0.2, 0) is 9.53 Å². The van der Waals surface area contributed by atoms with Crippen LogP contribution in [0.3, 0.4) is 0 Å². The van der Waals surface area contributed by atoms with Crippen molar-refractivity contribution < 1.29 is 28.9 Å². The summed E-state index contributed by atoms with van der Waals surface area (Å²) in [6, 6.07) is 20.3. The highest BCUT2D eigenvalue weighted by Crippen LogP contribution is 2.44. The lowest BCUT2D eigenvalue weighted by Crippen LogP contribution is -2.32. The Balaban J connectivity index is 1.52. The number of ether oxygens (including phenoxy) is 3. The van der Waals surface area contributed by atoms with Gasteiger partial charge in [-0.25, -0.2) is 4.79 Å². The van der Waals surface area contributed by atoms with Crippen LogP contribution < -0.4 is 14.8 Å². The van der Waals surface area contributed by atoms with Gasteiger partial charge in [0.15, 0.2) is 0 Å². The van der Waals surface area contributed by atoms with Crippen molar-refractivity contribution in [1.82, 2.24) is 5.32 Å². The van der Waals surface area contributed by atoms with Crippen molar-refractivity contribution in [2.45, 2.75) is 18.4 Å². The highest BCUT2D eigenvalue weighted by molar-refractivity contribution is 5.79. The molecule has 7 heteroatoms. The van der Waals surface area contributed by atoms with Gasteiger partial charge in [-0.3, -0.25) is 4.79 Å². The number of nitrogens with one attached hydrogen (secondary N) is 1. The molecule has 0 heterocycles. The van der Waals surface area contributed by atoms with E-state index in [1.54, 1.807) is 18.2 Å². The minimum absolute atomic E-state index is 0.0903. The molecule has 1 atom stereocenters. The molecule has 7 nitrogen and oxygen atoms in total. The van der Waals surface area contributed by atoms with E-state index in [2.05, 4.69) is 17.4 Å². The molecule has 0 fully saturated rings. The number of carboxylic acids is 1. The summed E-state index contributed by atoms with van der Waals surface area (Å²) in [5.74, 6) is -0.187. The van der Waals surface area contributed by atoms with E-state index in [1.807, 2.05) is 36.4 Å². The molecule has 1 aliphatic rings. The van der Waals surface area contributed by atoms with Crippen LogP contribution >= 0.6 is 0 Å². The average Bonchev–Trinajstić information content (AvgIpc) is 3.15. The Hall–Kier alpha value is -4.00. The van der Waals surface area contributed by atoms with E-state index in [9.17, 15) is 14.7 Å². The van der Waals surface area contributed by atoms with Gasteiger partial charge >= 0.3 is 12.1 Å². The maximum Gasteiger partial charge on any atom is 0.407 e. The molecular weight excluding hydrogens is 422 g/mol. The summed E-state index contributed by atoms with van der Waals surface area (Å²) in [4.78, 5) is 24.2. The Labute approximate surface area is 191 Å². The van der Waals surface area contributed by atoms with Crippen LogP contribution in [0, 0.1) is 0 Å². The summed E-state index contributed by atoms with van der Waals surface area (Å²) in [6.07, 6.45) is -1.04. The fourth-order valence-electron chi connectivity index (χ4n) is 4.31. The molecule has 0 saturated carbocycles. The van der Waals surface area contributed by atoms with Gasteiger partial charge in [-0.15, -0.1) is 0 Å². The molecule has 0 unspecified atom stereocenters. The van der Waals surface area contributed by atoms with E-state index in [-0.39, 0.29) is 18.9 Å². The third-order valence-electron chi connectivity index (χ3n) is 5.83. The summed E-state index contributed by atoms with van der Waals surface area (Å²) in [6.45, 7) is 0.134. The first-order valence-electron chi connectivity index (χ1n) is 10.6. The van der Waals surface area contributed by atoms with Crippen molar-refractivity contribution in [3.05, 3.63) is 83.4 Å². The highest BCUT2D eigenvalue weighted by atomic mass is 16.5. The van der Waals surface area contributed by atoms with Crippen molar-refractivity contribution in [2.24, 2.45) is 0 Å². The molecule has 0 bridgehead atoms. The molecule has 1 aliphatic carbocycles. The van der Waals surface area contributed by atoms with Gasteiger partial charge in [0.05, 0.1) is 26.7 Å². The van der Waals surface area contributed by atoms with Gasteiger partial charge in [-0.05, 0) is 40.5 Å². The summed E-state index contributed by atoms with van der Waals surface area (Å²) in [7, 11) is 2.99. The summed E-state index contributed by atoms with van der Waals surface area (Å²) in [5.41, 5.74) is 4.96. The first-order chi connectivity index (χ1) is 16.0. The molecule has 33 heavy (non-hydrogen) atoms. The van der Waals surface area contributed by atoms with Crippen LogP contribution in [0.2, 0.25) is 0 Å². The van der Waals surface area contributed by atoms with Gasteiger partial charge in [-0.2, -0.15) is 0 Å². The maximum absolute atomic E-state index is 12.7. The molecule has 0 aromatic heterocycles. The number of amides is 1. The van der Waals surface area contributed by atoms with Crippen LogP contribution in [0.1, 0.15) is 35.1 Å². The first kappa shape index (κ1) is 22.2. The molecular formula is C26H25NO6. The third-order valence-corrected chi connectivity index (χ3v) is 5.83. The van der Waals surface area contributed by atoms with E-state index in [4.69, 9.17) is 14.2 Å². The quantitative estimate of drug-likeness (QED) is 0.517. The van der Waals surface area contributed by atoms with E-state index in [0.29, 0.717) is 17.1 Å². The molecule has 0 spiro atoms. The largest absolute Gasteiger partial charge is 0.497 e. The fourth-order valence-corrected chi connectivity index (χ4v) is 4.31.